The molecule has 0 aromatic heterocycles. The van der Waals surface area contributed by atoms with Crippen LogP contribution in [0.5, 0.6) is 0 Å². The zero-order chi connectivity index (χ0) is 13.1. The van der Waals surface area contributed by atoms with Crippen molar-refractivity contribution in [3.8, 4) is 0 Å². The molecule has 2 nitrogen and oxygen atoms in total. The molecule has 1 aromatic rings. The van der Waals surface area contributed by atoms with Gasteiger partial charge in [0.15, 0.2) is 0 Å². The Bertz CT molecular complexity index is 425. The van der Waals surface area contributed by atoms with E-state index in [1.165, 1.54) is 12.8 Å². The first-order chi connectivity index (χ1) is 8.61. The van der Waals surface area contributed by atoms with Crippen LogP contribution in [0.2, 0.25) is 15.1 Å². The van der Waals surface area contributed by atoms with E-state index in [-0.39, 0.29) is 12.1 Å². The summed E-state index contributed by atoms with van der Waals surface area (Å²) in [6.07, 6.45) is 4.80. The molecule has 1 fully saturated rings. The van der Waals surface area contributed by atoms with E-state index in [0.717, 1.165) is 18.5 Å². The Hall–Kier alpha value is -0.150. The minimum Gasteiger partial charge on any atom is -0.379 e. The fourth-order valence-electron chi connectivity index (χ4n) is 2.38. The molecule has 0 radical (unpaired) electrons. The number of ether oxygens (including phenoxy) is 1. The standard InChI is InChI=1S/C13H16Cl3NO/c1-18-13-5-3-2-4-11(13)17-12-7-9(15)8(14)6-10(12)16/h6-7,11,13,17H,2-5H2,1H3. The van der Waals surface area contributed by atoms with Crippen LogP contribution in [0, 0.1) is 0 Å². The maximum atomic E-state index is 6.17. The van der Waals surface area contributed by atoms with Crippen molar-refractivity contribution in [2.45, 2.75) is 37.8 Å². The maximum Gasteiger partial charge on any atom is 0.0772 e. The second-order valence-electron chi connectivity index (χ2n) is 4.56. The molecule has 1 N–H and O–H groups in total. The zero-order valence-electron chi connectivity index (χ0n) is 10.2. The minimum atomic E-state index is 0.226. The second kappa shape index (κ2) is 6.33. The lowest BCUT2D eigenvalue weighted by Crippen LogP contribution is -2.37. The summed E-state index contributed by atoms with van der Waals surface area (Å²) in [6.45, 7) is 0. The highest BCUT2D eigenvalue weighted by molar-refractivity contribution is 6.44. The molecular formula is C13H16Cl3NO. The van der Waals surface area contributed by atoms with E-state index in [2.05, 4.69) is 5.32 Å². The molecule has 2 unspecified atom stereocenters. The van der Waals surface area contributed by atoms with Crippen molar-refractivity contribution in [1.82, 2.24) is 0 Å². The third-order valence-electron chi connectivity index (χ3n) is 3.36. The molecule has 5 heteroatoms. The summed E-state index contributed by atoms with van der Waals surface area (Å²) in [5, 5.41) is 4.99. The number of hydrogen-bond donors (Lipinski definition) is 1. The highest BCUT2D eigenvalue weighted by Crippen LogP contribution is 2.34. The van der Waals surface area contributed by atoms with Crippen LogP contribution in [0.3, 0.4) is 0 Å². The van der Waals surface area contributed by atoms with Crippen LogP contribution >= 0.6 is 34.8 Å². The first-order valence-electron chi connectivity index (χ1n) is 6.05. The topological polar surface area (TPSA) is 21.3 Å². The van der Waals surface area contributed by atoms with E-state index in [1.54, 1.807) is 19.2 Å². The number of nitrogens with one attached hydrogen (secondary N) is 1. The van der Waals surface area contributed by atoms with Gasteiger partial charge in [0, 0.05) is 7.11 Å². The average Bonchev–Trinajstić information content (AvgIpc) is 2.36. The molecule has 0 spiro atoms. The minimum absolute atomic E-state index is 0.226. The van der Waals surface area contributed by atoms with Crippen molar-refractivity contribution in [3.05, 3.63) is 27.2 Å². The number of anilines is 1. The molecule has 2 rings (SSSR count). The summed E-state index contributed by atoms with van der Waals surface area (Å²) < 4.78 is 5.51. The summed E-state index contributed by atoms with van der Waals surface area (Å²) in [7, 11) is 1.75. The van der Waals surface area contributed by atoms with E-state index in [1.807, 2.05) is 0 Å². The van der Waals surface area contributed by atoms with E-state index in [4.69, 9.17) is 39.5 Å². The highest BCUT2D eigenvalue weighted by atomic mass is 35.5. The Morgan fingerprint density at radius 2 is 1.72 bits per heavy atom. The monoisotopic (exact) mass is 307 g/mol. The molecule has 0 heterocycles. The Kier molecular flexibility index (Phi) is 5.02. The van der Waals surface area contributed by atoms with Gasteiger partial charge in [-0.3, -0.25) is 0 Å². The smallest absolute Gasteiger partial charge is 0.0772 e. The van der Waals surface area contributed by atoms with Gasteiger partial charge < -0.3 is 10.1 Å². The van der Waals surface area contributed by atoms with Crippen LogP contribution in [0.1, 0.15) is 25.7 Å². The summed E-state index contributed by atoms with van der Waals surface area (Å²) >= 11 is 18.1. The summed E-state index contributed by atoms with van der Waals surface area (Å²) in [6, 6.07) is 3.71. The molecule has 0 aliphatic heterocycles. The molecule has 2 atom stereocenters. The van der Waals surface area contributed by atoms with Crippen molar-refractivity contribution in [2.24, 2.45) is 0 Å². The number of rotatable bonds is 3. The Morgan fingerprint density at radius 1 is 1.06 bits per heavy atom. The predicted molar refractivity (Wildman–Crippen MR) is 78.1 cm³/mol. The lowest BCUT2D eigenvalue weighted by molar-refractivity contribution is 0.0606. The molecule has 18 heavy (non-hydrogen) atoms. The average molecular weight is 309 g/mol. The molecule has 0 amide bonds. The van der Waals surface area contributed by atoms with Crippen molar-refractivity contribution >= 4 is 40.5 Å². The first kappa shape index (κ1) is 14.3. The molecule has 0 saturated heterocycles. The molecule has 100 valence electrons. The predicted octanol–water partition coefficient (Wildman–Crippen LogP) is 5.02. The Balaban J connectivity index is 2.15. The van der Waals surface area contributed by atoms with Gasteiger partial charge >= 0.3 is 0 Å². The second-order valence-corrected chi connectivity index (χ2v) is 5.78. The van der Waals surface area contributed by atoms with E-state index >= 15 is 0 Å². The van der Waals surface area contributed by atoms with E-state index in [9.17, 15) is 0 Å². The molecule has 1 aliphatic carbocycles. The lowest BCUT2D eigenvalue weighted by Gasteiger charge is -2.32. The third kappa shape index (κ3) is 3.24. The molecule has 1 aromatic carbocycles. The van der Waals surface area contributed by atoms with Gasteiger partial charge in [0.2, 0.25) is 0 Å². The van der Waals surface area contributed by atoms with E-state index < -0.39 is 0 Å². The van der Waals surface area contributed by atoms with Crippen molar-refractivity contribution in [2.75, 3.05) is 12.4 Å². The number of halogens is 3. The Labute approximate surface area is 123 Å². The number of hydrogen-bond acceptors (Lipinski definition) is 2. The maximum absolute atomic E-state index is 6.17. The van der Waals surface area contributed by atoms with Crippen LogP contribution in [0.25, 0.3) is 0 Å². The van der Waals surface area contributed by atoms with Gasteiger partial charge in [-0.25, -0.2) is 0 Å². The van der Waals surface area contributed by atoms with Gasteiger partial charge in [0.25, 0.3) is 0 Å². The van der Waals surface area contributed by atoms with Gasteiger partial charge in [0.05, 0.1) is 32.9 Å². The first-order valence-corrected chi connectivity index (χ1v) is 7.19. The lowest BCUT2D eigenvalue weighted by atomic mass is 9.92. The van der Waals surface area contributed by atoms with Gasteiger partial charge in [0.1, 0.15) is 0 Å². The largest absolute Gasteiger partial charge is 0.379 e. The van der Waals surface area contributed by atoms with Crippen LogP contribution in [-0.2, 0) is 4.74 Å². The number of benzene rings is 1. The normalized spacial score (nSPS) is 24.0. The van der Waals surface area contributed by atoms with Crippen molar-refractivity contribution < 1.29 is 4.74 Å². The van der Waals surface area contributed by atoms with Crippen molar-refractivity contribution in [3.63, 3.8) is 0 Å². The van der Waals surface area contributed by atoms with E-state index in [0.29, 0.717) is 15.1 Å². The van der Waals surface area contributed by atoms with Crippen LogP contribution in [-0.4, -0.2) is 19.3 Å². The quantitative estimate of drug-likeness (QED) is 0.792. The molecular weight excluding hydrogens is 293 g/mol. The number of methoxy groups -OCH3 is 1. The highest BCUT2D eigenvalue weighted by Gasteiger charge is 2.25. The van der Waals surface area contributed by atoms with Crippen LogP contribution < -0.4 is 5.32 Å². The summed E-state index contributed by atoms with van der Waals surface area (Å²) in [4.78, 5) is 0. The van der Waals surface area contributed by atoms with Gasteiger partial charge in [-0.2, -0.15) is 0 Å². The fourth-order valence-corrected chi connectivity index (χ4v) is 2.98. The van der Waals surface area contributed by atoms with Gasteiger partial charge in [-0.15, -0.1) is 0 Å². The summed E-state index contributed by atoms with van der Waals surface area (Å²) in [5.41, 5.74) is 0.819. The Morgan fingerprint density at radius 3 is 2.44 bits per heavy atom. The van der Waals surface area contributed by atoms with Gasteiger partial charge in [-0.05, 0) is 25.0 Å². The van der Waals surface area contributed by atoms with Crippen molar-refractivity contribution in [1.29, 1.82) is 0 Å². The SMILES string of the molecule is COC1CCCCC1Nc1cc(Cl)c(Cl)cc1Cl. The zero-order valence-corrected chi connectivity index (χ0v) is 12.4. The molecule has 0 bridgehead atoms. The summed E-state index contributed by atoms with van der Waals surface area (Å²) in [5.74, 6) is 0. The molecule has 1 saturated carbocycles. The third-order valence-corrected chi connectivity index (χ3v) is 4.39. The van der Waals surface area contributed by atoms with Gasteiger partial charge in [-0.1, -0.05) is 47.6 Å². The van der Waals surface area contributed by atoms with Crippen LogP contribution in [0.4, 0.5) is 5.69 Å². The fraction of sp³-hybridized carbons (Fsp3) is 0.538. The van der Waals surface area contributed by atoms with Crippen LogP contribution in [0.15, 0.2) is 12.1 Å². The molecule has 1 aliphatic rings.